The van der Waals surface area contributed by atoms with Gasteiger partial charge in [0.1, 0.15) is 5.82 Å². The Morgan fingerprint density at radius 1 is 1.24 bits per heavy atom. The van der Waals surface area contributed by atoms with E-state index in [4.69, 9.17) is 0 Å². The number of aromatic nitrogens is 2. The molecule has 0 amide bonds. The Morgan fingerprint density at radius 2 is 2.10 bits per heavy atom. The number of para-hydroxylation sites is 1. The van der Waals surface area contributed by atoms with Crippen LogP contribution >= 0.6 is 0 Å². The number of rotatable bonds is 5. The van der Waals surface area contributed by atoms with Crippen LogP contribution in [0.1, 0.15) is 25.8 Å². The van der Waals surface area contributed by atoms with Gasteiger partial charge in [-0.25, -0.2) is 4.98 Å². The van der Waals surface area contributed by atoms with Crippen molar-refractivity contribution in [3.8, 4) is 0 Å². The first-order chi connectivity index (χ1) is 10.2. The minimum Gasteiger partial charge on any atom is -0.354 e. The molecule has 0 bridgehead atoms. The summed E-state index contributed by atoms with van der Waals surface area (Å²) < 4.78 is 0. The minimum absolute atomic E-state index is 0.686. The maximum atomic E-state index is 4.65. The first-order valence-electron chi connectivity index (χ1n) is 7.66. The molecule has 0 saturated heterocycles. The molecule has 0 aliphatic carbocycles. The van der Waals surface area contributed by atoms with Crippen molar-refractivity contribution in [2.75, 3.05) is 23.3 Å². The van der Waals surface area contributed by atoms with Crippen molar-refractivity contribution in [2.45, 2.75) is 26.7 Å². The Balaban J connectivity index is 1.75. The van der Waals surface area contributed by atoms with E-state index in [1.54, 1.807) is 0 Å². The Bertz CT molecular complexity index is 609. The van der Waals surface area contributed by atoms with Crippen molar-refractivity contribution in [3.05, 3.63) is 42.1 Å². The highest BCUT2D eigenvalue weighted by atomic mass is 15.2. The number of nitrogens with one attached hydrogen (secondary N) is 1. The molecule has 1 aromatic heterocycles. The van der Waals surface area contributed by atoms with Crippen LogP contribution in [0.3, 0.4) is 0 Å². The number of benzene rings is 1. The molecule has 0 radical (unpaired) electrons. The van der Waals surface area contributed by atoms with Gasteiger partial charge in [0, 0.05) is 25.0 Å². The molecule has 0 saturated carbocycles. The molecule has 21 heavy (non-hydrogen) atoms. The SMILES string of the molecule is CC(C)CCNc1nccc(N2CCc3ccccc32)n1. The zero-order valence-electron chi connectivity index (χ0n) is 12.7. The van der Waals surface area contributed by atoms with E-state index in [-0.39, 0.29) is 0 Å². The average molecular weight is 282 g/mol. The van der Waals surface area contributed by atoms with E-state index < -0.39 is 0 Å². The van der Waals surface area contributed by atoms with Gasteiger partial charge in [-0.2, -0.15) is 4.98 Å². The van der Waals surface area contributed by atoms with E-state index in [0.717, 1.165) is 37.7 Å². The largest absolute Gasteiger partial charge is 0.354 e. The minimum atomic E-state index is 0.686. The Kier molecular flexibility index (Phi) is 4.04. The highest BCUT2D eigenvalue weighted by Crippen LogP contribution is 2.33. The molecule has 0 spiro atoms. The second kappa shape index (κ2) is 6.12. The lowest BCUT2D eigenvalue weighted by molar-refractivity contribution is 0.606. The van der Waals surface area contributed by atoms with E-state index in [9.17, 15) is 0 Å². The number of nitrogens with zero attached hydrogens (tertiary/aromatic N) is 3. The summed E-state index contributed by atoms with van der Waals surface area (Å²) >= 11 is 0. The van der Waals surface area contributed by atoms with E-state index in [0.29, 0.717) is 5.92 Å². The zero-order valence-corrected chi connectivity index (χ0v) is 12.7. The van der Waals surface area contributed by atoms with Crippen LogP contribution in [0.15, 0.2) is 36.5 Å². The van der Waals surface area contributed by atoms with Crippen LogP contribution in [0.4, 0.5) is 17.5 Å². The molecule has 0 fully saturated rings. The molecule has 2 heterocycles. The first kappa shape index (κ1) is 13.9. The molecule has 1 aliphatic heterocycles. The predicted molar refractivity (Wildman–Crippen MR) is 87.1 cm³/mol. The second-order valence-corrected chi connectivity index (χ2v) is 5.88. The van der Waals surface area contributed by atoms with Crippen LogP contribution in [0.25, 0.3) is 0 Å². The molecule has 2 aromatic rings. The number of anilines is 3. The molecule has 110 valence electrons. The van der Waals surface area contributed by atoms with Crippen molar-refractivity contribution >= 4 is 17.5 Å². The summed E-state index contributed by atoms with van der Waals surface area (Å²) in [5.41, 5.74) is 2.66. The van der Waals surface area contributed by atoms with Gasteiger partial charge in [0.25, 0.3) is 0 Å². The van der Waals surface area contributed by atoms with Gasteiger partial charge in [0.2, 0.25) is 5.95 Å². The molecule has 0 atom stereocenters. The first-order valence-corrected chi connectivity index (χ1v) is 7.66. The Labute approximate surface area is 126 Å². The lowest BCUT2D eigenvalue weighted by Crippen LogP contribution is -2.16. The molecular formula is C17H22N4. The van der Waals surface area contributed by atoms with Gasteiger partial charge < -0.3 is 10.2 Å². The van der Waals surface area contributed by atoms with Gasteiger partial charge in [-0.05, 0) is 36.5 Å². The van der Waals surface area contributed by atoms with Crippen LogP contribution in [0.5, 0.6) is 0 Å². The fraction of sp³-hybridized carbons (Fsp3) is 0.412. The Morgan fingerprint density at radius 3 is 2.95 bits per heavy atom. The fourth-order valence-corrected chi connectivity index (χ4v) is 2.63. The van der Waals surface area contributed by atoms with Crippen LogP contribution in [0, 0.1) is 5.92 Å². The van der Waals surface area contributed by atoms with E-state index >= 15 is 0 Å². The molecular weight excluding hydrogens is 260 g/mol. The lowest BCUT2D eigenvalue weighted by atomic mass is 10.1. The molecule has 1 aliphatic rings. The lowest BCUT2D eigenvalue weighted by Gasteiger charge is -2.18. The smallest absolute Gasteiger partial charge is 0.224 e. The van der Waals surface area contributed by atoms with Gasteiger partial charge in [-0.1, -0.05) is 32.0 Å². The second-order valence-electron chi connectivity index (χ2n) is 5.88. The van der Waals surface area contributed by atoms with Gasteiger partial charge >= 0.3 is 0 Å². The third-order valence-electron chi connectivity index (χ3n) is 3.81. The molecule has 4 heteroatoms. The van der Waals surface area contributed by atoms with Gasteiger partial charge in [-0.15, -0.1) is 0 Å². The third-order valence-corrected chi connectivity index (χ3v) is 3.81. The van der Waals surface area contributed by atoms with E-state index in [1.807, 2.05) is 12.3 Å². The summed E-state index contributed by atoms with van der Waals surface area (Å²) in [6, 6.07) is 10.5. The van der Waals surface area contributed by atoms with Gasteiger partial charge in [-0.3, -0.25) is 0 Å². The summed E-state index contributed by atoms with van der Waals surface area (Å²) in [7, 11) is 0. The molecule has 3 rings (SSSR count). The average Bonchev–Trinajstić information content (AvgIpc) is 2.91. The summed E-state index contributed by atoms with van der Waals surface area (Å²) in [5.74, 6) is 2.38. The molecule has 1 aromatic carbocycles. The van der Waals surface area contributed by atoms with Gasteiger partial charge in [0.15, 0.2) is 0 Å². The van der Waals surface area contributed by atoms with E-state index in [2.05, 4.69) is 58.3 Å². The van der Waals surface area contributed by atoms with Crippen molar-refractivity contribution in [3.63, 3.8) is 0 Å². The maximum Gasteiger partial charge on any atom is 0.224 e. The summed E-state index contributed by atoms with van der Waals surface area (Å²) in [4.78, 5) is 11.2. The normalized spacial score (nSPS) is 13.6. The van der Waals surface area contributed by atoms with Crippen molar-refractivity contribution in [1.29, 1.82) is 0 Å². The monoisotopic (exact) mass is 282 g/mol. The molecule has 4 nitrogen and oxygen atoms in total. The molecule has 1 N–H and O–H groups in total. The predicted octanol–water partition coefficient (Wildman–Crippen LogP) is 3.63. The summed E-state index contributed by atoms with van der Waals surface area (Å²) in [5, 5.41) is 3.31. The van der Waals surface area contributed by atoms with Crippen molar-refractivity contribution in [2.24, 2.45) is 5.92 Å². The third kappa shape index (κ3) is 3.15. The molecule has 0 unspecified atom stereocenters. The highest BCUT2D eigenvalue weighted by Gasteiger charge is 2.20. The zero-order chi connectivity index (χ0) is 14.7. The van der Waals surface area contributed by atoms with Crippen LogP contribution in [0.2, 0.25) is 0 Å². The van der Waals surface area contributed by atoms with Crippen LogP contribution in [-0.4, -0.2) is 23.1 Å². The quantitative estimate of drug-likeness (QED) is 0.909. The maximum absolute atomic E-state index is 4.65. The number of hydrogen-bond acceptors (Lipinski definition) is 4. The van der Waals surface area contributed by atoms with Crippen LogP contribution in [-0.2, 0) is 6.42 Å². The highest BCUT2D eigenvalue weighted by molar-refractivity contribution is 5.67. The number of fused-ring (bicyclic) bond motifs is 1. The van der Waals surface area contributed by atoms with Crippen molar-refractivity contribution in [1.82, 2.24) is 9.97 Å². The van der Waals surface area contributed by atoms with Gasteiger partial charge in [0.05, 0.1) is 0 Å². The standard InChI is InChI=1S/C17H22N4/c1-13(2)7-10-18-17-19-11-8-16(20-17)21-12-9-14-5-3-4-6-15(14)21/h3-6,8,11,13H,7,9-10,12H2,1-2H3,(H,18,19,20). The summed E-state index contributed by atoms with van der Waals surface area (Å²) in [6.45, 7) is 6.35. The topological polar surface area (TPSA) is 41.1 Å². The number of hydrogen-bond donors (Lipinski definition) is 1. The van der Waals surface area contributed by atoms with Crippen molar-refractivity contribution < 1.29 is 0 Å². The fourth-order valence-electron chi connectivity index (χ4n) is 2.63. The summed E-state index contributed by atoms with van der Waals surface area (Å²) in [6.07, 6.45) is 4.04. The van der Waals surface area contributed by atoms with Crippen LogP contribution < -0.4 is 10.2 Å². The Hall–Kier alpha value is -2.10. The van der Waals surface area contributed by atoms with E-state index in [1.165, 1.54) is 11.3 Å².